The number of fused-ring (bicyclic) bond motifs is 3. The maximum Gasteiger partial charge on any atom is 0.306 e. The minimum absolute atomic E-state index is 0.0260. The molecule has 0 spiro atoms. The van der Waals surface area contributed by atoms with Crippen molar-refractivity contribution in [3.8, 4) is 0 Å². The van der Waals surface area contributed by atoms with Crippen molar-refractivity contribution in [1.82, 2.24) is 14.5 Å². The Hall–Kier alpha value is -2.37. The fourth-order valence-corrected chi connectivity index (χ4v) is 4.67. The third-order valence-electron chi connectivity index (χ3n) is 6.00. The van der Waals surface area contributed by atoms with E-state index < -0.39 is 0 Å². The van der Waals surface area contributed by atoms with E-state index in [2.05, 4.69) is 39.7 Å². The van der Waals surface area contributed by atoms with E-state index in [9.17, 15) is 4.79 Å². The third kappa shape index (κ3) is 4.78. The number of halogens is 1. The van der Waals surface area contributed by atoms with Crippen LogP contribution in [-0.2, 0) is 29.0 Å². The Balaban J connectivity index is 1.76. The number of ether oxygens (including phenoxy) is 1. The van der Waals surface area contributed by atoms with Crippen LogP contribution in [0.5, 0.6) is 0 Å². The second-order valence-corrected chi connectivity index (χ2v) is 9.29. The van der Waals surface area contributed by atoms with E-state index in [-0.39, 0.29) is 18.0 Å². The van der Waals surface area contributed by atoms with Crippen LogP contribution in [0.1, 0.15) is 48.7 Å². The normalized spacial score (nSPS) is 15.3. The zero-order valence-corrected chi connectivity index (χ0v) is 19.4. The highest BCUT2D eigenvalue weighted by atomic mass is 35.5. The van der Waals surface area contributed by atoms with Gasteiger partial charge in [0.2, 0.25) is 0 Å². The van der Waals surface area contributed by atoms with E-state index >= 15 is 0 Å². The smallest absolute Gasteiger partial charge is 0.306 e. The molecule has 1 aromatic carbocycles. The number of carbonyl (C=O) groups is 1. The first-order chi connectivity index (χ1) is 14.8. The molecule has 0 saturated carbocycles. The molecule has 0 amide bonds. The van der Waals surface area contributed by atoms with Crippen molar-refractivity contribution >= 4 is 28.5 Å². The molecule has 1 unspecified atom stereocenters. The second-order valence-electron chi connectivity index (χ2n) is 8.86. The lowest BCUT2D eigenvalue weighted by Crippen LogP contribution is -2.28. The predicted molar refractivity (Wildman–Crippen MR) is 125 cm³/mol. The standard InChI is InChI=1S/C25H30ClN3O2/c1-16(2)31-25(30)11-19(18-6-5-17(3)27-13-18)14-29-23-8-7-20(26)12-22(23)21-9-10-28(4)15-24(21)29/h5-8,12-13,16,19H,9-11,14-15H2,1-4H3. The summed E-state index contributed by atoms with van der Waals surface area (Å²) in [4.78, 5) is 19.4. The van der Waals surface area contributed by atoms with Crippen molar-refractivity contribution < 1.29 is 9.53 Å². The molecular formula is C25H30ClN3O2. The SMILES string of the molecule is Cc1ccc(C(CC(=O)OC(C)C)Cn2c3c(c4cc(Cl)ccc42)CCN(C)C3)cn1. The van der Waals surface area contributed by atoms with Gasteiger partial charge in [0.15, 0.2) is 0 Å². The number of rotatable bonds is 6. The second kappa shape index (κ2) is 9.01. The number of pyridine rings is 1. The van der Waals surface area contributed by atoms with Crippen molar-refractivity contribution in [1.29, 1.82) is 0 Å². The van der Waals surface area contributed by atoms with E-state index in [4.69, 9.17) is 16.3 Å². The number of likely N-dealkylation sites (N-methyl/N-ethyl adjacent to an activating group) is 1. The Morgan fingerprint density at radius 2 is 2.06 bits per heavy atom. The summed E-state index contributed by atoms with van der Waals surface area (Å²) in [5, 5.41) is 1.98. The first kappa shape index (κ1) is 21.8. The molecule has 0 saturated heterocycles. The van der Waals surface area contributed by atoms with Gasteiger partial charge in [-0.2, -0.15) is 0 Å². The summed E-state index contributed by atoms with van der Waals surface area (Å²) in [6, 6.07) is 10.2. The van der Waals surface area contributed by atoms with Crippen LogP contribution in [0.25, 0.3) is 10.9 Å². The number of benzene rings is 1. The molecule has 1 aliphatic heterocycles. The molecule has 0 fully saturated rings. The van der Waals surface area contributed by atoms with Gasteiger partial charge in [0.25, 0.3) is 0 Å². The van der Waals surface area contributed by atoms with Crippen LogP contribution >= 0.6 is 11.6 Å². The van der Waals surface area contributed by atoms with Crippen LogP contribution in [-0.4, -0.2) is 40.1 Å². The minimum atomic E-state index is -0.175. The highest BCUT2D eigenvalue weighted by molar-refractivity contribution is 6.31. The molecule has 0 N–H and O–H groups in total. The van der Waals surface area contributed by atoms with Crippen molar-refractivity contribution in [3.05, 3.63) is 64.1 Å². The van der Waals surface area contributed by atoms with E-state index in [1.807, 2.05) is 39.1 Å². The molecule has 0 aliphatic carbocycles. The van der Waals surface area contributed by atoms with Crippen molar-refractivity contribution in [3.63, 3.8) is 0 Å². The molecule has 4 rings (SSSR count). The molecule has 6 heteroatoms. The summed E-state index contributed by atoms with van der Waals surface area (Å²) in [6.07, 6.45) is 3.09. The number of nitrogens with zero attached hydrogens (tertiary/aromatic N) is 3. The highest BCUT2D eigenvalue weighted by Gasteiger charge is 2.26. The summed E-state index contributed by atoms with van der Waals surface area (Å²) in [6.45, 7) is 8.35. The molecule has 3 heterocycles. The van der Waals surface area contributed by atoms with Crippen LogP contribution in [0.2, 0.25) is 5.02 Å². The van der Waals surface area contributed by atoms with Crippen LogP contribution in [0.3, 0.4) is 0 Å². The molecule has 164 valence electrons. The number of hydrogen-bond acceptors (Lipinski definition) is 4. The maximum atomic E-state index is 12.6. The van der Waals surface area contributed by atoms with Gasteiger partial charge >= 0.3 is 5.97 Å². The van der Waals surface area contributed by atoms with Gasteiger partial charge in [-0.15, -0.1) is 0 Å². The van der Waals surface area contributed by atoms with E-state index in [0.29, 0.717) is 13.0 Å². The zero-order valence-electron chi connectivity index (χ0n) is 18.7. The van der Waals surface area contributed by atoms with Gasteiger partial charge < -0.3 is 14.2 Å². The molecule has 3 aromatic rings. The van der Waals surface area contributed by atoms with Crippen LogP contribution in [0, 0.1) is 6.92 Å². The Morgan fingerprint density at radius 1 is 1.26 bits per heavy atom. The van der Waals surface area contributed by atoms with Gasteiger partial charge in [-0.25, -0.2) is 0 Å². The monoisotopic (exact) mass is 439 g/mol. The molecule has 1 atom stereocenters. The summed E-state index contributed by atoms with van der Waals surface area (Å²) >= 11 is 6.34. The third-order valence-corrected chi connectivity index (χ3v) is 6.24. The van der Waals surface area contributed by atoms with Crippen LogP contribution in [0.15, 0.2) is 36.5 Å². The molecule has 1 aliphatic rings. The molecule has 31 heavy (non-hydrogen) atoms. The first-order valence-corrected chi connectivity index (χ1v) is 11.3. The summed E-state index contributed by atoms with van der Waals surface area (Å²) < 4.78 is 7.86. The van der Waals surface area contributed by atoms with E-state index in [1.54, 1.807) is 0 Å². The van der Waals surface area contributed by atoms with Gasteiger partial charge in [0, 0.05) is 59.1 Å². The number of hydrogen-bond donors (Lipinski definition) is 0. The average Bonchev–Trinajstić information content (AvgIpc) is 2.99. The van der Waals surface area contributed by atoms with Gasteiger partial charge in [0.1, 0.15) is 0 Å². The van der Waals surface area contributed by atoms with E-state index in [1.165, 1.54) is 22.2 Å². The molecule has 2 aromatic heterocycles. The quantitative estimate of drug-likeness (QED) is 0.500. The summed E-state index contributed by atoms with van der Waals surface area (Å²) in [5.74, 6) is -0.201. The number of esters is 1. The minimum Gasteiger partial charge on any atom is -0.463 e. The Kier molecular flexibility index (Phi) is 6.35. The first-order valence-electron chi connectivity index (χ1n) is 10.9. The van der Waals surface area contributed by atoms with Gasteiger partial charge in [-0.1, -0.05) is 17.7 Å². The summed E-state index contributed by atoms with van der Waals surface area (Å²) in [5.41, 5.74) is 5.88. The summed E-state index contributed by atoms with van der Waals surface area (Å²) in [7, 11) is 2.15. The van der Waals surface area contributed by atoms with Crippen LogP contribution in [0.4, 0.5) is 0 Å². The van der Waals surface area contributed by atoms with Crippen molar-refractivity contribution in [2.75, 3.05) is 13.6 Å². The fraction of sp³-hybridized carbons (Fsp3) is 0.440. The van der Waals surface area contributed by atoms with Gasteiger partial charge in [-0.05, 0) is 69.6 Å². The Labute approximate surface area is 189 Å². The number of carbonyl (C=O) groups excluding carboxylic acids is 1. The molecule has 0 radical (unpaired) electrons. The Bertz CT molecular complexity index is 1090. The molecule has 5 nitrogen and oxygen atoms in total. The Morgan fingerprint density at radius 3 is 2.77 bits per heavy atom. The topological polar surface area (TPSA) is 47.4 Å². The zero-order chi connectivity index (χ0) is 22.1. The number of aromatic nitrogens is 2. The average molecular weight is 440 g/mol. The lowest BCUT2D eigenvalue weighted by Gasteiger charge is -2.26. The molecular weight excluding hydrogens is 410 g/mol. The lowest BCUT2D eigenvalue weighted by molar-refractivity contribution is -0.147. The van der Waals surface area contributed by atoms with Crippen molar-refractivity contribution in [2.24, 2.45) is 0 Å². The molecule has 0 bridgehead atoms. The fourth-order valence-electron chi connectivity index (χ4n) is 4.50. The van der Waals surface area contributed by atoms with E-state index in [0.717, 1.165) is 35.8 Å². The number of aryl methyl sites for hydroxylation is 1. The largest absolute Gasteiger partial charge is 0.463 e. The highest BCUT2D eigenvalue weighted by Crippen LogP contribution is 2.35. The van der Waals surface area contributed by atoms with Gasteiger partial charge in [0.05, 0.1) is 12.5 Å². The predicted octanol–water partition coefficient (Wildman–Crippen LogP) is 5.11. The van der Waals surface area contributed by atoms with Crippen molar-refractivity contribution in [2.45, 2.75) is 58.7 Å². The maximum absolute atomic E-state index is 12.6. The van der Waals surface area contributed by atoms with Gasteiger partial charge in [-0.3, -0.25) is 9.78 Å². The lowest BCUT2D eigenvalue weighted by atomic mass is 9.96. The van der Waals surface area contributed by atoms with Crippen LogP contribution < -0.4 is 0 Å².